The van der Waals surface area contributed by atoms with Crippen molar-refractivity contribution < 1.29 is 13.2 Å². The molecule has 2 rings (SSSR count). The number of allylic oxidation sites excluding steroid dienone is 2. The molecule has 98 valence electrons. The van der Waals surface area contributed by atoms with Gasteiger partial charge in [-0.3, -0.25) is 4.72 Å². The molecule has 0 fully saturated rings. The lowest BCUT2D eigenvalue weighted by atomic mass is 10.1. The van der Waals surface area contributed by atoms with Gasteiger partial charge in [-0.05, 0) is 49.9 Å². The zero-order chi connectivity index (χ0) is 13.0. The van der Waals surface area contributed by atoms with Gasteiger partial charge in [0.2, 0.25) is 0 Å². The third-order valence-corrected chi connectivity index (χ3v) is 4.35. The maximum Gasteiger partial charge on any atom is 0.261 e. The highest BCUT2D eigenvalue weighted by molar-refractivity contribution is 7.89. The van der Waals surface area contributed by atoms with Crippen molar-refractivity contribution in [2.45, 2.75) is 30.6 Å². The molecule has 0 heterocycles. The van der Waals surface area contributed by atoms with Gasteiger partial charge in [-0.15, -0.1) is 0 Å². The van der Waals surface area contributed by atoms with Crippen LogP contribution in [0.2, 0.25) is 0 Å². The van der Waals surface area contributed by atoms with Crippen molar-refractivity contribution in [3.8, 4) is 5.75 Å². The Hall–Kier alpha value is -1.49. The number of hydrogen-bond donors (Lipinski definition) is 1. The zero-order valence-electron chi connectivity index (χ0n) is 10.3. The van der Waals surface area contributed by atoms with E-state index in [1.54, 1.807) is 31.4 Å². The first-order valence-electron chi connectivity index (χ1n) is 5.98. The molecule has 1 N–H and O–H groups in total. The second-order valence-electron chi connectivity index (χ2n) is 4.26. The normalized spacial score (nSPS) is 15.9. The Kier molecular flexibility index (Phi) is 3.91. The number of nitrogens with one attached hydrogen (secondary N) is 1. The van der Waals surface area contributed by atoms with Crippen LogP contribution in [0.4, 0.5) is 0 Å². The van der Waals surface area contributed by atoms with E-state index >= 15 is 0 Å². The van der Waals surface area contributed by atoms with E-state index in [4.69, 9.17) is 4.74 Å². The van der Waals surface area contributed by atoms with Crippen molar-refractivity contribution in [3.63, 3.8) is 0 Å². The molecule has 0 unspecified atom stereocenters. The van der Waals surface area contributed by atoms with Gasteiger partial charge in [0, 0.05) is 5.70 Å². The molecule has 5 heteroatoms. The van der Waals surface area contributed by atoms with Gasteiger partial charge < -0.3 is 4.74 Å². The molecular formula is C13H17NO3S. The van der Waals surface area contributed by atoms with Gasteiger partial charge in [0.1, 0.15) is 5.75 Å². The Labute approximate surface area is 108 Å². The highest BCUT2D eigenvalue weighted by atomic mass is 32.2. The minimum atomic E-state index is -3.46. The Morgan fingerprint density at radius 3 is 2.44 bits per heavy atom. The van der Waals surface area contributed by atoms with Gasteiger partial charge in [-0.25, -0.2) is 8.42 Å². The molecule has 1 aliphatic carbocycles. The maximum absolute atomic E-state index is 12.1. The summed E-state index contributed by atoms with van der Waals surface area (Å²) in [5, 5.41) is 0. The molecule has 1 aromatic rings. The molecule has 0 aromatic heterocycles. The van der Waals surface area contributed by atoms with Crippen molar-refractivity contribution in [2.24, 2.45) is 0 Å². The monoisotopic (exact) mass is 267 g/mol. The second kappa shape index (κ2) is 5.44. The Morgan fingerprint density at radius 2 is 1.89 bits per heavy atom. The zero-order valence-corrected chi connectivity index (χ0v) is 11.2. The average molecular weight is 267 g/mol. The van der Waals surface area contributed by atoms with Gasteiger partial charge in [0.05, 0.1) is 12.0 Å². The van der Waals surface area contributed by atoms with E-state index in [2.05, 4.69) is 4.72 Å². The van der Waals surface area contributed by atoms with Crippen LogP contribution in [-0.2, 0) is 10.0 Å². The van der Waals surface area contributed by atoms with Crippen LogP contribution in [0.3, 0.4) is 0 Å². The summed E-state index contributed by atoms with van der Waals surface area (Å²) in [6, 6.07) is 6.38. The van der Waals surface area contributed by atoms with Crippen LogP contribution in [0.25, 0.3) is 0 Å². The van der Waals surface area contributed by atoms with Crippen LogP contribution in [-0.4, -0.2) is 15.5 Å². The Bertz CT molecular complexity index is 532. The van der Waals surface area contributed by atoms with Crippen LogP contribution in [0, 0.1) is 0 Å². The quantitative estimate of drug-likeness (QED) is 0.911. The first-order chi connectivity index (χ1) is 8.62. The molecule has 0 amide bonds. The average Bonchev–Trinajstić information content (AvgIpc) is 2.39. The summed E-state index contributed by atoms with van der Waals surface area (Å²) in [6.45, 7) is 0. The highest BCUT2D eigenvalue weighted by Crippen LogP contribution is 2.19. The van der Waals surface area contributed by atoms with Crippen molar-refractivity contribution in [2.75, 3.05) is 7.11 Å². The fraction of sp³-hybridized carbons (Fsp3) is 0.385. The number of benzene rings is 1. The van der Waals surface area contributed by atoms with Crippen molar-refractivity contribution in [1.29, 1.82) is 0 Å². The van der Waals surface area contributed by atoms with E-state index < -0.39 is 10.0 Å². The fourth-order valence-electron chi connectivity index (χ4n) is 1.92. The molecule has 0 atom stereocenters. The number of ether oxygens (including phenoxy) is 1. The molecule has 18 heavy (non-hydrogen) atoms. The molecule has 0 radical (unpaired) electrons. The molecule has 1 aromatic carbocycles. The first kappa shape index (κ1) is 13.0. The smallest absolute Gasteiger partial charge is 0.261 e. The minimum Gasteiger partial charge on any atom is -0.497 e. The van der Waals surface area contributed by atoms with E-state index in [9.17, 15) is 8.42 Å². The summed E-state index contributed by atoms with van der Waals surface area (Å²) in [5.41, 5.74) is 0.803. The van der Waals surface area contributed by atoms with Gasteiger partial charge in [-0.1, -0.05) is 6.08 Å². The molecular weight excluding hydrogens is 250 g/mol. The van der Waals surface area contributed by atoms with Crippen LogP contribution in [0.15, 0.2) is 40.9 Å². The minimum absolute atomic E-state index is 0.259. The molecule has 0 spiro atoms. The van der Waals surface area contributed by atoms with Gasteiger partial charge in [0.15, 0.2) is 0 Å². The lowest BCUT2D eigenvalue weighted by Gasteiger charge is -2.15. The van der Waals surface area contributed by atoms with Crippen molar-refractivity contribution >= 4 is 10.0 Å². The maximum atomic E-state index is 12.1. The number of rotatable bonds is 4. The number of methoxy groups -OCH3 is 1. The third-order valence-electron chi connectivity index (χ3n) is 2.93. The van der Waals surface area contributed by atoms with Crippen molar-refractivity contribution in [3.05, 3.63) is 36.0 Å². The van der Waals surface area contributed by atoms with Crippen molar-refractivity contribution in [1.82, 2.24) is 4.72 Å². The Balaban J connectivity index is 2.16. The molecule has 0 saturated carbocycles. The summed E-state index contributed by atoms with van der Waals surface area (Å²) >= 11 is 0. The lowest BCUT2D eigenvalue weighted by Crippen LogP contribution is -2.24. The number of hydrogen-bond acceptors (Lipinski definition) is 3. The molecule has 4 nitrogen and oxygen atoms in total. The predicted molar refractivity (Wildman–Crippen MR) is 69.9 cm³/mol. The highest BCUT2D eigenvalue weighted by Gasteiger charge is 2.16. The van der Waals surface area contributed by atoms with Crippen LogP contribution >= 0.6 is 0 Å². The van der Waals surface area contributed by atoms with E-state index in [0.717, 1.165) is 31.4 Å². The van der Waals surface area contributed by atoms with Crippen LogP contribution in [0.5, 0.6) is 5.75 Å². The summed E-state index contributed by atoms with van der Waals surface area (Å²) in [6.07, 6.45) is 5.88. The second-order valence-corrected chi connectivity index (χ2v) is 5.94. The largest absolute Gasteiger partial charge is 0.497 e. The molecule has 0 bridgehead atoms. The molecule has 0 aliphatic heterocycles. The summed E-state index contributed by atoms with van der Waals surface area (Å²) in [5.74, 6) is 0.644. The molecule has 1 aliphatic rings. The summed E-state index contributed by atoms with van der Waals surface area (Å²) in [7, 11) is -1.91. The first-order valence-corrected chi connectivity index (χ1v) is 7.46. The van der Waals surface area contributed by atoms with E-state index in [-0.39, 0.29) is 4.90 Å². The van der Waals surface area contributed by atoms with E-state index in [0.29, 0.717) is 5.75 Å². The topological polar surface area (TPSA) is 55.4 Å². The standard InChI is InChI=1S/C13H17NO3S/c1-17-12-7-9-13(10-8-12)18(15,16)14-11-5-3-2-4-6-11/h5,7-10,14H,2-4,6H2,1H3. The molecule has 0 saturated heterocycles. The fourth-order valence-corrected chi connectivity index (χ4v) is 3.06. The van der Waals surface area contributed by atoms with Crippen LogP contribution in [0.1, 0.15) is 25.7 Å². The van der Waals surface area contributed by atoms with E-state index in [1.165, 1.54) is 0 Å². The number of sulfonamides is 1. The van der Waals surface area contributed by atoms with E-state index in [1.807, 2.05) is 6.08 Å². The summed E-state index contributed by atoms with van der Waals surface area (Å²) < 4.78 is 31.9. The Morgan fingerprint density at radius 1 is 1.17 bits per heavy atom. The van der Waals surface area contributed by atoms with Crippen LogP contribution < -0.4 is 9.46 Å². The lowest BCUT2D eigenvalue weighted by molar-refractivity contribution is 0.414. The van der Waals surface area contributed by atoms with Gasteiger partial charge in [-0.2, -0.15) is 0 Å². The predicted octanol–water partition coefficient (Wildman–Crippen LogP) is 2.43. The van der Waals surface area contributed by atoms with Gasteiger partial charge >= 0.3 is 0 Å². The van der Waals surface area contributed by atoms with Gasteiger partial charge in [0.25, 0.3) is 10.0 Å². The third kappa shape index (κ3) is 3.04. The SMILES string of the molecule is COc1ccc(S(=O)(=O)NC2=CCCCC2)cc1. The summed E-state index contributed by atoms with van der Waals surface area (Å²) in [4.78, 5) is 0.259.